The molecule has 1 unspecified atom stereocenters. The van der Waals surface area contributed by atoms with E-state index in [4.69, 9.17) is 4.42 Å². The fourth-order valence-electron chi connectivity index (χ4n) is 2.52. The van der Waals surface area contributed by atoms with E-state index in [1.165, 1.54) is 4.31 Å². The molecule has 0 spiro atoms. The second-order valence-electron chi connectivity index (χ2n) is 7.07. The molecule has 2 aromatic rings. The highest BCUT2D eigenvalue weighted by molar-refractivity contribution is 7.89. The first-order valence-electron chi connectivity index (χ1n) is 7.86. The van der Waals surface area contributed by atoms with Crippen LogP contribution in [0.1, 0.15) is 17.4 Å². The van der Waals surface area contributed by atoms with Crippen LogP contribution in [0.5, 0.6) is 0 Å². The van der Waals surface area contributed by atoms with E-state index in [1.807, 2.05) is 6.92 Å². The molecule has 1 aromatic carbocycles. The maximum absolute atomic E-state index is 13.0. The molecule has 0 radical (unpaired) electrons. The van der Waals surface area contributed by atoms with E-state index in [9.17, 15) is 8.42 Å². The average Bonchev–Trinajstić information content (AvgIpc) is 2.98. The first-order chi connectivity index (χ1) is 11.2. The van der Waals surface area contributed by atoms with Gasteiger partial charge in [-0.15, -0.1) is 5.54 Å². The Hall–Kier alpha value is -1.81. The molecular formula is C18H21NO3SSi. The predicted octanol–water partition coefficient (Wildman–Crippen LogP) is 3.58. The highest BCUT2D eigenvalue weighted by Crippen LogP contribution is 2.47. The molecule has 1 fully saturated rings. The first-order valence-corrected chi connectivity index (χ1v) is 12.8. The van der Waals surface area contributed by atoms with Crippen molar-refractivity contribution in [1.29, 1.82) is 0 Å². The van der Waals surface area contributed by atoms with Crippen LogP contribution in [-0.2, 0) is 10.0 Å². The van der Waals surface area contributed by atoms with E-state index in [1.54, 1.807) is 42.7 Å². The van der Waals surface area contributed by atoms with Gasteiger partial charge in [-0.1, -0.05) is 43.3 Å². The maximum Gasteiger partial charge on any atom is 0.245 e. The molecule has 6 heteroatoms. The summed E-state index contributed by atoms with van der Waals surface area (Å²) in [5.74, 6) is 3.81. The van der Waals surface area contributed by atoms with E-state index in [0.29, 0.717) is 10.7 Å². The van der Waals surface area contributed by atoms with Gasteiger partial charge in [0.1, 0.15) is 25.9 Å². The number of furan rings is 1. The Morgan fingerprint density at radius 2 is 1.79 bits per heavy atom. The first kappa shape index (κ1) is 17.0. The van der Waals surface area contributed by atoms with Gasteiger partial charge in [0.2, 0.25) is 10.0 Å². The van der Waals surface area contributed by atoms with Crippen molar-refractivity contribution in [3.05, 3.63) is 54.0 Å². The van der Waals surface area contributed by atoms with Gasteiger partial charge in [0, 0.05) is 0 Å². The highest BCUT2D eigenvalue weighted by atomic mass is 32.2. The Kier molecular flexibility index (Phi) is 4.20. The number of hydrogen-bond acceptors (Lipinski definition) is 3. The lowest BCUT2D eigenvalue weighted by Crippen LogP contribution is -2.18. The second-order valence-corrected chi connectivity index (χ2v) is 13.7. The normalized spacial score (nSPS) is 23.4. The van der Waals surface area contributed by atoms with Gasteiger partial charge in [0.05, 0.1) is 11.2 Å². The lowest BCUT2D eigenvalue weighted by molar-refractivity contribution is 0.486. The quantitative estimate of drug-likeness (QED) is 0.478. The summed E-state index contributed by atoms with van der Waals surface area (Å²) in [6.45, 7) is 8.36. The SMILES string of the molecule is Cc1ccc(S(=O)(=O)N2[C@H](c3ccco3)[C@@H]2C#C[Si](C)(C)C)cc1. The Morgan fingerprint density at radius 1 is 1.12 bits per heavy atom. The zero-order valence-electron chi connectivity index (χ0n) is 14.3. The summed E-state index contributed by atoms with van der Waals surface area (Å²) >= 11 is 0. The summed E-state index contributed by atoms with van der Waals surface area (Å²) in [6.07, 6.45) is 1.56. The van der Waals surface area contributed by atoms with E-state index >= 15 is 0 Å². The molecule has 0 saturated carbocycles. The summed E-state index contributed by atoms with van der Waals surface area (Å²) in [5.41, 5.74) is 4.30. The molecule has 1 saturated heterocycles. The van der Waals surface area contributed by atoms with Crippen LogP contribution < -0.4 is 0 Å². The largest absolute Gasteiger partial charge is 0.468 e. The standard InChI is InChI=1S/C18H21NO3SSi/c1-14-7-9-15(10-8-14)23(20,21)19-16(11-13-24(2,3)4)18(19)17-6-5-12-22-17/h5-10,12,16,18H,1-4H3/t16-,18-,19?/m0/s1. The Bertz CT molecular complexity index is 884. The third-order valence-electron chi connectivity index (χ3n) is 3.78. The molecule has 1 aliphatic rings. The molecule has 4 nitrogen and oxygen atoms in total. The summed E-state index contributed by atoms with van der Waals surface area (Å²) < 4.78 is 32.8. The molecule has 3 atom stereocenters. The molecule has 1 aromatic heterocycles. The second kappa shape index (κ2) is 5.92. The number of benzene rings is 1. The number of sulfonamides is 1. The summed E-state index contributed by atoms with van der Waals surface area (Å²) in [6, 6.07) is 9.79. The Labute approximate surface area is 144 Å². The smallest absolute Gasteiger partial charge is 0.245 e. The maximum atomic E-state index is 13.0. The van der Waals surface area contributed by atoms with Crippen LogP contribution in [-0.4, -0.2) is 26.8 Å². The fourth-order valence-corrected chi connectivity index (χ4v) is 4.75. The predicted molar refractivity (Wildman–Crippen MR) is 96.6 cm³/mol. The minimum absolute atomic E-state index is 0.293. The number of aryl methyl sites for hydroxylation is 1. The van der Waals surface area contributed by atoms with Crippen molar-refractivity contribution in [2.75, 3.05) is 0 Å². The molecule has 0 aliphatic carbocycles. The molecule has 24 heavy (non-hydrogen) atoms. The van der Waals surface area contributed by atoms with Gasteiger partial charge in [0.25, 0.3) is 0 Å². The van der Waals surface area contributed by atoms with E-state index in [0.717, 1.165) is 5.56 Å². The van der Waals surface area contributed by atoms with Crippen molar-refractivity contribution in [2.24, 2.45) is 0 Å². The van der Waals surface area contributed by atoms with Crippen LogP contribution in [0.4, 0.5) is 0 Å². The summed E-state index contributed by atoms with van der Waals surface area (Å²) in [4.78, 5) is 0.293. The van der Waals surface area contributed by atoms with E-state index < -0.39 is 18.1 Å². The van der Waals surface area contributed by atoms with Gasteiger partial charge in [-0.05, 0) is 31.2 Å². The van der Waals surface area contributed by atoms with Crippen molar-refractivity contribution in [3.8, 4) is 11.5 Å². The zero-order chi connectivity index (χ0) is 17.5. The zero-order valence-corrected chi connectivity index (χ0v) is 16.1. The lowest BCUT2D eigenvalue weighted by Gasteiger charge is -2.06. The van der Waals surface area contributed by atoms with Gasteiger partial charge in [0.15, 0.2) is 0 Å². The molecule has 3 rings (SSSR count). The summed E-state index contributed by atoms with van der Waals surface area (Å²) in [5, 5.41) is 0. The minimum atomic E-state index is -3.59. The van der Waals surface area contributed by atoms with Crippen molar-refractivity contribution < 1.29 is 12.8 Å². The average molecular weight is 360 g/mol. The molecular weight excluding hydrogens is 338 g/mol. The van der Waals surface area contributed by atoms with Gasteiger partial charge in [-0.25, -0.2) is 8.42 Å². The van der Waals surface area contributed by atoms with Crippen molar-refractivity contribution in [3.63, 3.8) is 0 Å². The van der Waals surface area contributed by atoms with E-state index in [2.05, 4.69) is 31.1 Å². The van der Waals surface area contributed by atoms with Crippen LogP contribution in [0.25, 0.3) is 0 Å². The summed E-state index contributed by atoms with van der Waals surface area (Å²) in [7, 11) is -5.17. The Balaban J connectivity index is 1.97. The van der Waals surface area contributed by atoms with Crippen molar-refractivity contribution in [2.45, 2.75) is 43.5 Å². The topological polar surface area (TPSA) is 50.3 Å². The van der Waals surface area contributed by atoms with Crippen molar-refractivity contribution >= 4 is 18.1 Å². The van der Waals surface area contributed by atoms with Gasteiger partial charge in [-0.2, -0.15) is 4.31 Å². The molecule has 0 amide bonds. The molecule has 0 N–H and O–H groups in total. The van der Waals surface area contributed by atoms with Crippen LogP contribution in [0, 0.1) is 18.4 Å². The minimum Gasteiger partial charge on any atom is -0.468 e. The number of hydrogen-bond donors (Lipinski definition) is 0. The third-order valence-corrected chi connectivity index (χ3v) is 6.56. The Morgan fingerprint density at radius 3 is 2.33 bits per heavy atom. The van der Waals surface area contributed by atoms with Gasteiger partial charge < -0.3 is 4.42 Å². The number of nitrogens with zero attached hydrogens (tertiary/aromatic N) is 1. The monoisotopic (exact) mass is 359 g/mol. The lowest BCUT2D eigenvalue weighted by atomic mass is 10.2. The van der Waals surface area contributed by atoms with Crippen LogP contribution in [0.3, 0.4) is 0 Å². The fraction of sp³-hybridized carbons (Fsp3) is 0.333. The molecule has 0 bridgehead atoms. The van der Waals surface area contributed by atoms with Crippen LogP contribution in [0.15, 0.2) is 52.0 Å². The van der Waals surface area contributed by atoms with Gasteiger partial charge >= 0.3 is 0 Å². The van der Waals surface area contributed by atoms with Crippen LogP contribution >= 0.6 is 0 Å². The number of rotatable bonds is 3. The van der Waals surface area contributed by atoms with Crippen molar-refractivity contribution in [1.82, 2.24) is 4.31 Å². The van der Waals surface area contributed by atoms with E-state index in [-0.39, 0.29) is 12.1 Å². The third kappa shape index (κ3) is 3.34. The highest BCUT2D eigenvalue weighted by Gasteiger charge is 2.57. The molecule has 126 valence electrons. The van der Waals surface area contributed by atoms with Gasteiger partial charge in [-0.3, -0.25) is 0 Å². The molecule has 2 heterocycles. The van der Waals surface area contributed by atoms with Crippen LogP contribution in [0.2, 0.25) is 19.6 Å². The molecule has 1 aliphatic heterocycles.